The number of anilines is 1. The average Bonchev–Trinajstić information content (AvgIpc) is 3.06. The predicted molar refractivity (Wildman–Crippen MR) is 118 cm³/mol. The Morgan fingerprint density at radius 1 is 1.12 bits per heavy atom. The zero-order chi connectivity index (χ0) is 23.7. The molecule has 0 saturated carbocycles. The number of carbonyl (C=O) groups is 2. The minimum Gasteiger partial charge on any atom is -0.497 e. The second-order valence-electron chi connectivity index (χ2n) is 8.09. The van der Waals surface area contributed by atoms with Crippen molar-refractivity contribution in [2.24, 2.45) is 0 Å². The fourth-order valence-electron chi connectivity index (χ4n) is 3.69. The summed E-state index contributed by atoms with van der Waals surface area (Å²) in [7, 11) is -2.63. The second-order valence-corrected chi connectivity index (χ2v) is 9.90. The number of benzene rings is 2. The van der Waals surface area contributed by atoms with Crippen LogP contribution in [0.25, 0.3) is 0 Å². The van der Waals surface area contributed by atoms with E-state index in [1.54, 1.807) is 13.8 Å². The Labute approximate surface area is 188 Å². The van der Waals surface area contributed by atoms with E-state index in [2.05, 4.69) is 0 Å². The lowest BCUT2D eigenvalue weighted by molar-refractivity contribution is -0.122. The standard InChI is InChI=1S/C23H25N3O5S/c1-5-23(2,3)26(32(29,30)19-12-10-18(31-4)11-13-19)20-14-21(27)25(22(20)28)17-8-6-16(15-24)7-9-17/h6-13,20H,5,14H2,1-4H3. The first-order valence-electron chi connectivity index (χ1n) is 10.1. The number of hydrogen-bond acceptors (Lipinski definition) is 6. The van der Waals surface area contributed by atoms with Gasteiger partial charge in [0.1, 0.15) is 11.8 Å². The number of nitriles is 1. The highest BCUT2D eigenvalue weighted by Gasteiger charge is 2.51. The van der Waals surface area contributed by atoms with Gasteiger partial charge in [-0.05, 0) is 68.8 Å². The summed E-state index contributed by atoms with van der Waals surface area (Å²) in [6.45, 7) is 5.29. The van der Waals surface area contributed by atoms with Crippen LogP contribution in [0.4, 0.5) is 5.69 Å². The van der Waals surface area contributed by atoms with Gasteiger partial charge in [-0.25, -0.2) is 13.3 Å². The fourth-order valence-corrected chi connectivity index (χ4v) is 5.67. The molecule has 0 N–H and O–H groups in total. The molecular formula is C23H25N3O5S. The summed E-state index contributed by atoms with van der Waals surface area (Å²) in [5.41, 5.74) is -0.238. The first kappa shape index (κ1) is 23.4. The maximum absolute atomic E-state index is 13.7. The number of amides is 2. The Hall–Kier alpha value is -3.22. The molecule has 168 valence electrons. The van der Waals surface area contributed by atoms with Gasteiger partial charge in [-0.3, -0.25) is 9.59 Å². The summed E-state index contributed by atoms with van der Waals surface area (Å²) in [5.74, 6) is -0.603. The molecule has 0 aromatic heterocycles. The summed E-state index contributed by atoms with van der Waals surface area (Å²) in [4.78, 5) is 27.2. The van der Waals surface area contributed by atoms with Gasteiger partial charge in [0.25, 0.3) is 5.91 Å². The SMILES string of the molecule is CCC(C)(C)N(C1CC(=O)N(c2ccc(C#N)cc2)C1=O)S(=O)(=O)c1ccc(OC)cc1. The summed E-state index contributed by atoms with van der Waals surface area (Å²) >= 11 is 0. The van der Waals surface area contributed by atoms with E-state index >= 15 is 0 Å². The molecule has 0 bridgehead atoms. The molecule has 1 heterocycles. The van der Waals surface area contributed by atoms with Crippen molar-refractivity contribution < 1.29 is 22.7 Å². The second kappa shape index (κ2) is 8.73. The first-order chi connectivity index (χ1) is 15.1. The molecule has 1 aliphatic rings. The van der Waals surface area contributed by atoms with E-state index in [4.69, 9.17) is 10.00 Å². The molecule has 2 aromatic rings. The molecule has 32 heavy (non-hydrogen) atoms. The highest BCUT2D eigenvalue weighted by molar-refractivity contribution is 7.89. The molecule has 3 rings (SSSR count). The molecule has 1 aliphatic heterocycles. The Balaban J connectivity index is 2.05. The molecule has 2 aromatic carbocycles. The quantitative estimate of drug-likeness (QED) is 0.594. The van der Waals surface area contributed by atoms with Crippen LogP contribution in [0.15, 0.2) is 53.4 Å². The average molecular weight is 456 g/mol. The minimum absolute atomic E-state index is 0.0110. The third kappa shape index (κ3) is 4.11. The van der Waals surface area contributed by atoms with Crippen LogP contribution in [-0.2, 0) is 19.6 Å². The van der Waals surface area contributed by atoms with Crippen molar-refractivity contribution in [3.8, 4) is 11.8 Å². The van der Waals surface area contributed by atoms with Gasteiger partial charge in [0.05, 0.1) is 35.7 Å². The molecule has 1 atom stereocenters. The van der Waals surface area contributed by atoms with Crippen LogP contribution in [0.5, 0.6) is 5.75 Å². The van der Waals surface area contributed by atoms with Crippen LogP contribution >= 0.6 is 0 Å². The van der Waals surface area contributed by atoms with E-state index in [9.17, 15) is 18.0 Å². The van der Waals surface area contributed by atoms with Crippen molar-refractivity contribution in [3.63, 3.8) is 0 Å². The smallest absolute Gasteiger partial charge is 0.252 e. The number of sulfonamides is 1. The van der Waals surface area contributed by atoms with Crippen molar-refractivity contribution in [1.29, 1.82) is 5.26 Å². The van der Waals surface area contributed by atoms with Crippen molar-refractivity contribution in [1.82, 2.24) is 4.31 Å². The molecule has 0 aliphatic carbocycles. The number of imide groups is 1. The van der Waals surface area contributed by atoms with E-state index in [1.807, 2.05) is 13.0 Å². The first-order valence-corrected chi connectivity index (χ1v) is 11.6. The molecule has 9 heteroatoms. The lowest BCUT2D eigenvalue weighted by Crippen LogP contribution is -2.55. The topological polar surface area (TPSA) is 108 Å². The van der Waals surface area contributed by atoms with Gasteiger partial charge >= 0.3 is 0 Å². The Morgan fingerprint density at radius 3 is 2.22 bits per heavy atom. The third-order valence-electron chi connectivity index (χ3n) is 5.74. The Morgan fingerprint density at radius 2 is 1.72 bits per heavy atom. The van der Waals surface area contributed by atoms with Crippen LogP contribution in [0, 0.1) is 11.3 Å². The largest absolute Gasteiger partial charge is 0.497 e. The van der Waals surface area contributed by atoms with Crippen LogP contribution in [0.1, 0.15) is 39.2 Å². The Bertz CT molecular complexity index is 1170. The number of carbonyl (C=O) groups excluding carboxylic acids is 2. The van der Waals surface area contributed by atoms with Gasteiger partial charge in [0, 0.05) is 5.54 Å². The highest BCUT2D eigenvalue weighted by Crippen LogP contribution is 2.36. The normalized spacial score (nSPS) is 17.0. The molecule has 8 nitrogen and oxygen atoms in total. The van der Waals surface area contributed by atoms with E-state index in [-0.39, 0.29) is 11.3 Å². The van der Waals surface area contributed by atoms with E-state index in [1.165, 1.54) is 55.6 Å². The predicted octanol–water partition coefficient (Wildman–Crippen LogP) is 3.08. The maximum atomic E-state index is 13.7. The van der Waals surface area contributed by atoms with Crippen molar-refractivity contribution >= 4 is 27.5 Å². The zero-order valence-electron chi connectivity index (χ0n) is 18.4. The molecule has 1 saturated heterocycles. The van der Waals surface area contributed by atoms with Crippen molar-refractivity contribution in [2.45, 2.75) is 50.1 Å². The van der Waals surface area contributed by atoms with Gasteiger partial charge < -0.3 is 4.74 Å². The summed E-state index contributed by atoms with van der Waals surface area (Å²) in [5, 5.41) is 8.98. The molecule has 0 radical (unpaired) electrons. The molecular weight excluding hydrogens is 430 g/mol. The summed E-state index contributed by atoms with van der Waals surface area (Å²) in [6, 6.07) is 12.7. The van der Waals surface area contributed by atoms with Crippen molar-refractivity contribution in [2.75, 3.05) is 12.0 Å². The van der Waals surface area contributed by atoms with E-state index < -0.39 is 33.4 Å². The molecule has 1 fully saturated rings. The molecule has 2 amide bonds. The van der Waals surface area contributed by atoms with E-state index in [0.717, 1.165) is 9.21 Å². The maximum Gasteiger partial charge on any atom is 0.252 e. The number of rotatable bonds is 7. The van der Waals surface area contributed by atoms with Gasteiger partial charge in [-0.1, -0.05) is 6.92 Å². The number of ether oxygens (including phenoxy) is 1. The summed E-state index contributed by atoms with van der Waals surface area (Å²) in [6.07, 6.45) is 0.162. The van der Waals surface area contributed by atoms with Gasteiger partial charge in [-0.15, -0.1) is 0 Å². The zero-order valence-corrected chi connectivity index (χ0v) is 19.2. The van der Waals surface area contributed by atoms with Crippen LogP contribution < -0.4 is 9.64 Å². The Kier molecular flexibility index (Phi) is 6.39. The van der Waals surface area contributed by atoms with Gasteiger partial charge in [0.15, 0.2) is 0 Å². The lowest BCUT2D eigenvalue weighted by Gasteiger charge is -2.39. The third-order valence-corrected chi connectivity index (χ3v) is 7.87. The van der Waals surface area contributed by atoms with Crippen LogP contribution in [-0.4, -0.2) is 43.2 Å². The minimum atomic E-state index is -4.12. The monoisotopic (exact) mass is 455 g/mol. The van der Waals surface area contributed by atoms with E-state index in [0.29, 0.717) is 23.4 Å². The number of hydrogen-bond donors (Lipinski definition) is 0. The molecule has 0 spiro atoms. The van der Waals surface area contributed by atoms with Crippen LogP contribution in [0.3, 0.4) is 0 Å². The fraction of sp³-hybridized carbons (Fsp3) is 0.348. The van der Waals surface area contributed by atoms with Crippen molar-refractivity contribution in [3.05, 3.63) is 54.1 Å². The van der Waals surface area contributed by atoms with Crippen LogP contribution in [0.2, 0.25) is 0 Å². The molecule has 1 unspecified atom stereocenters. The van der Waals surface area contributed by atoms with Gasteiger partial charge in [-0.2, -0.15) is 9.57 Å². The summed E-state index contributed by atoms with van der Waals surface area (Å²) < 4.78 is 33.6. The lowest BCUT2D eigenvalue weighted by atomic mass is 10.00. The van der Waals surface area contributed by atoms with Gasteiger partial charge in [0.2, 0.25) is 15.9 Å². The number of nitrogens with zero attached hydrogens (tertiary/aromatic N) is 3. The number of methoxy groups -OCH3 is 1. The highest BCUT2D eigenvalue weighted by atomic mass is 32.2.